The first-order valence-corrected chi connectivity index (χ1v) is 2.25. The van der Waals surface area contributed by atoms with Crippen molar-refractivity contribution in [1.29, 1.82) is 0 Å². The second-order valence-electron chi connectivity index (χ2n) is 1.24. The van der Waals surface area contributed by atoms with Crippen molar-refractivity contribution in [2.24, 2.45) is 0 Å². The van der Waals surface area contributed by atoms with Crippen molar-refractivity contribution in [3.63, 3.8) is 0 Å². The third kappa shape index (κ3) is 3.89. The van der Waals surface area contributed by atoms with Gasteiger partial charge in [-0.05, 0) is 6.42 Å². The molecule has 2 heteroatoms. The topological polar surface area (TPSA) is 12.0 Å². The van der Waals surface area contributed by atoms with Crippen LogP contribution in [0.3, 0.4) is 0 Å². The monoisotopic (exact) mass is 91.1 g/mol. The largest absolute Gasteiger partial charge is 0.159 e. The van der Waals surface area contributed by atoms with Gasteiger partial charge in [-0.2, -0.15) is 5.54 Å². The first-order valence-electron chi connectivity index (χ1n) is 2.25. The van der Waals surface area contributed by atoms with Crippen LogP contribution in [0.5, 0.6) is 0 Å². The fraction of sp³-hybridized carbons (Fsp3) is 1.00. The molecule has 0 saturated carbocycles. The number of hydrogen-bond donors (Lipinski definition) is 1. The Bertz CT molecular complexity index is 19.5. The van der Waals surface area contributed by atoms with Crippen molar-refractivity contribution in [2.75, 3.05) is 6.54 Å². The molecule has 38 valence electrons. The van der Waals surface area contributed by atoms with Gasteiger partial charge < -0.3 is 0 Å². The van der Waals surface area contributed by atoms with Crippen LogP contribution in [0.25, 0.3) is 0 Å². The van der Waals surface area contributed by atoms with E-state index >= 15 is 0 Å². The van der Waals surface area contributed by atoms with Crippen molar-refractivity contribution in [1.82, 2.24) is 5.54 Å². The van der Waals surface area contributed by atoms with Gasteiger partial charge in [0.15, 0.2) is 0 Å². The zero-order valence-corrected chi connectivity index (χ0v) is 4.00. The molecular formula is C4H10FN. The Morgan fingerprint density at radius 1 is 1.67 bits per heavy atom. The zero-order chi connectivity index (χ0) is 4.83. The van der Waals surface area contributed by atoms with Crippen LogP contribution in [-0.4, -0.2) is 6.54 Å². The van der Waals surface area contributed by atoms with Crippen LogP contribution in [0, 0.1) is 0 Å². The summed E-state index contributed by atoms with van der Waals surface area (Å²) in [6, 6.07) is 0. The van der Waals surface area contributed by atoms with Crippen LogP contribution in [0.2, 0.25) is 0 Å². The average Bonchev–Trinajstić information content (AvgIpc) is 1.61. The summed E-state index contributed by atoms with van der Waals surface area (Å²) in [5.74, 6) is 0. The molecule has 0 bridgehead atoms. The minimum Gasteiger partial charge on any atom is -0.159 e. The highest BCUT2D eigenvalue weighted by Gasteiger charge is 1.76. The summed E-state index contributed by atoms with van der Waals surface area (Å²) >= 11 is 0. The predicted molar refractivity (Wildman–Crippen MR) is 24.0 cm³/mol. The van der Waals surface area contributed by atoms with Gasteiger partial charge in [0.2, 0.25) is 0 Å². The van der Waals surface area contributed by atoms with Crippen molar-refractivity contribution in [3.8, 4) is 0 Å². The molecule has 0 spiro atoms. The lowest BCUT2D eigenvalue weighted by Gasteiger charge is -1.86. The molecule has 0 amide bonds. The number of unbranched alkanes of at least 4 members (excludes halogenated alkanes) is 1. The molecule has 0 saturated heterocycles. The molecule has 6 heavy (non-hydrogen) atoms. The molecule has 0 heterocycles. The quantitative estimate of drug-likeness (QED) is 0.407. The van der Waals surface area contributed by atoms with E-state index in [-0.39, 0.29) is 0 Å². The van der Waals surface area contributed by atoms with E-state index in [1.54, 1.807) is 5.54 Å². The summed E-state index contributed by atoms with van der Waals surface area (Å²) in [4.78, 5) is 0. The third-order valence-corrected chi connectivity index (χ3v) is 0.625. The Morgan fingerprint density at radius 2 is 2.33 bits per heavy atom. The van der Waals surface area contributed by atoms with Crippen molar-refractivity contribution in [3.05, 3.63) is 0 Å². The van der Waals surface area contributed by atoms with Crippen molar-refractivity contribution in [2.45, 2.75) is 19.8 Å². The smallest absolute Gasteiger partial charge is 0.0259 e. The highest BCUT2D eigenvalue weighted by molar-refractivity contribution is 4.31. The van der Waals surface area contributed by atoms with Crippen LogP contribution in [0.1, 0.15) is 19.8 Å². The molecule has 0 aromatic carbocycles. The van der Waals surface area contributed by atoms with Crippen LogP contribution in [0.4, 0.5) is 4.48 Å². The lowest BCUT2D eigenvalue weighted by atomic mass is 10.3. The van der Waals surface area contributed by atoms with Crippen LogP contribution in [-0.2, 0) is 0 Å². The summed E-state index contributed by atoms with van der Waals surface area (Å²) < 4.78 is 10.9. The fourth-order valence-corrected chi connectivity index (χ4v) is 0.244. The molecule has 0 radical (unpaired) electrons. The first-order chi connectivity index (χ1) is 2.91. The molecule has 0 aliphatic carbocycles. The SMILES string of the molecule is CCCCNF. The molecule has 1 N–H and O–H groups in total. The summed E-state index contributed by atoms with van der Waals surface area (Å²) in [6.45, 7) is 2.52. The van der Waals surface area contributed by atoms with E-state index in [0.29, 0.717) is 6.54 Å². The normalized spacial score (nSPS) is 9.00. The maximum Gasteiger partial charge on any atom is 0.0259 e. The molecule has 0 aliphatic heterocycles. The molecule has 0 atom stereocenters. The van der Waals surface area contributed by atoms with E-state index in [4.69, 9.17) is 0 Å². The fourth-order valence-electron chi connectivity index (χ4n) is 0.244. The minimum absolute atomic E-state index is 0.497. The van der Waals surface area contributed by atoms with Crippen LogP contribution < -0.4 is 5.54 Å². The van der Waals surface area contributed by atoms with Gasteiger partial charge in [0.1, 0.15) is 0 Å². The second kappa shape index (κ2) is 4.89. The lowest BCUT2D eigenvalue weighted by Crippen LogP contribution is -2.00. The minimum atomic E-state index is 0.497. The standard InChI is InChI=1S/C4H10FN/c1-2-3-4-6-5/h6H,2-4H2,1H3. The number of rotatable bonds is 3. The van der Waals surface area contributed by atoms with Gasteiger partial charge in [-0.1, -0.05) is 13.3 Å². The van der Waals surface area contributed by atoms with Crippen LogP contribution in [0.15, 0.2) is 0 Å². The van der Waals surface area contributed by atoms with Crippen molar-refractivity contribution >= 4 is 0 Å². The van der Waals surface area contributed by atoms with Gasteiger partial charge >= 0.3 is 0 Å². The van der Waals surface area contributed by atoms with E-state index in [0.717, 1.165) is 12.8 Å². The molecule has 0 rings (SSSR count). The van der Waals surface area contributed by atoms with E-state index < -0.39 is 0 Å². The zero-order valence-electron chi connectivity index (χ0n) is 4.00. The Hall–Kier alpha value is -0.110. The number of halogens is 1. The van der Waals surface area contributed by atoms with E-state index in [1.807, 2.05) is 6.92 Å². The van der Waals surface area contributed by atoms with Crippen molar-refractivity contribution < 1.29 is 4.48 Å². The third-order valence-electron chi connectivity index (χ3n) is 0.625. The van der Waals surface area contributed by atoms with Gasteiger partial charge in [0.25, 0.3) is 0 Å². The Kier molecular flexibility index (Phi) is 4.80. The van der Waals surface area contributed by atoms with Gasteiger partial charge in [0.05, 0.1) is 0 Å². The Labute approximate surface area is 37.5 Å². The highest BCUT2D eigenvalue weighted by atomic mass is 19.2. The predicted octanol–water partition coefficient (Wildman–Crippen LogP) is 1.26. The lowest BCUT2D eigenvalue weighted by molar-refractivity contribution is 0.331. The second-order valence-corrected chi connectivity index (χ2v) is 1.24. The summed E-state index contributed by atoms with van der Waals surface area (Å²) in [5, 5.41) is 0. The van der Waals surface area contributed by atoms with Gasteiger partial charge in [-0.25, -0.2) is 0 Å². The molecule has 0 fully saturated rings. The first kappa shape index (κ1) is 5.89. The molecule has 0 unspecified atom stereocenters. The maximum absolute atomic E-state index is 10.9. The van der Waals surface area contributed by atoms with Crippen LogP contribution >= 0.6 is 0 Å². The van der Waals surface area contributed by atoms with E-state index in [2.05, 4.69) is 0 Å². The summed E-state index contributed by atoms with van der Waals surface area (Å²) in [5.41, 5.74) is 1.57. The Balaban J connectivity index is 2.34. The summed E-state index contributed by atoms with van der Waals surface area (Å²) in [7, 11) is 0. The average molecular weight is 91.1 g/mol. The van der Waals surface area contributed by atoms with E-state index in [9.17, 15) is 4.48 Å². The van der Waals surface area contributed by atoms with E-state index in [1.165, 1.54) is 0 Å². The highest BCUT2D eigenvalue weighted by Crippen LogP contribution is 1.80. The number of nitrogens with one attached hydrogen (secondary N) is 1. The Morgan fingerprint density at radius 3 is 2.50 bits per heavy atom. The molecule has 1 nitrogen and oxygen atoms in total. The molecule has 0 aromatic rings. The molecular weight excluding hydrogens is 81.0 g/mol. The maximum atomic E-state index is 10.9. The number of hydrogen-bond acceptors (Lipinski definition) is 1. The van der Waals surface area contributed by atoms with Gasteiger partial charge in [0, 0.05) is 6.54 Å². The van der Waals surface area contributed by atoms with Gasteiger partial charge in [-0.3, -0.25) is 0 Å². The summed E-state index contributed by atoms with van der Waals surface area (Å²) in [6.07, 6.45) is 1.98. The molecule has 0 aromatic heterocycles. The molecule has 0 aliphatic rings. The van der Waals surface area contributed by atoms with Gasteiger partial charge in [-0.15, -0.1) is 4.48 Å².